The Morgan fingerprint density at radius 3 is 2.24 bits per heavy atom. The predicted octanol–water partition coefficient (Wildman–Crippen LogP) is 3.52. The van der Waals surface area contributed by atoms with E-state index in [2.05, 4.69) is 0 Å². The van der Waals surface area contributed by atoms with E-state index in [1.165, 1.54) is 12.1 Å². The maximum absolute atomic E-state index is 12.7. The van der Waals surface area contributed by atoms with E-state index in [1.807, 2.05) is 30.3 Å². The second-order valence-corrected chi connectivity index (χ2v) is 6.30. The number of halogens is 3. The van der Waals surface area contributed by atoms with Gasteiger partial charge in [0.25, 0.3) is 5.91 Å². The summed E-state index contributed by atoms with van der Waals surface area (Å²) >= 11 is 0. The molecule has 0 spiro atoms. The van der Waals surface area contributed by atoms with Crippen molar-refractivity contribution in [2.45, 2.75) is 12.1 Å². The molecule has 1 saturated heterocycles. The van der Waals surface area contributed by atoms with Crippen LogP contribution in [0.5, 0.6) is 0 Å². The standard InChI is InChI=1S/C19H19F3N2O/c20-19(21,22)16-8-6-14(7-9-16)18(25)24-11-15(10-23)17(12-24)13-4-2-1-3-5-13/h1-9,15,17H,10-12,23H2/t15-,17+/m1/s1. The van der Waals surface area contributed by atoms with Gasteiger partial charge in [-0.05, 0) is 42.3 Å². The first-order chi connectivity index (χ1) is 11.9. The minimum atomic E-state index is -4.40. The fourth-order valence-electron chi connectivity index (χ4n) is 3.34. The van der Waals surface area contributed by atoms with E-state index in [9.17, 15) is 18.0 Å². The van der Waals surface area contributed by atoms with Crippen molar-refractivity contribution in [3.05, 3.63) is 71.3 Å². The Labute approximate surface area is 144 Å². The van der Waals surface area contributed by atoms with Crippen LogP contribution < -0.4 is 5.73 Å². The molecule has 2 aromatic carbocycles. The quantitative estimate of drug-likeness (QED) is 0.922. The summed E-state index contributed by atoms with van der Waals surface area (Å²) in [5.41, 5.74) is 6.50. The lowest BCUT2D eigenvalue weighted by atomic mass is 9.89. The lowest BCUT2D eigenvalue weighted by molar-refractivity contribution is -0.137. The van der Waals surface area contributed by atoms with Crippen LogP contribution in [0.1, 0.15) is 27.4 Å². The smallest absolute Gasteiger partial charge is 0.338 e. The lowest BCUT2D eigenvalue weighted by Gasteiger charge is -2.17. The van der Waals surface area contributed by atoms with Crippen molar-refractivity contribution in [2.75, 3.05) is 19.6 Å². The third-order valence-electron chi connectivity index (χ3n) is 4.72. The van der Waals surface area contributed by atoms with Gasteiger partial charge < -0.3 is 10.6 Å². The molecule has 0 aromatic heterocycles. The van der Waals surface area contributed by atoms with Crippen molar-refractivity contribution >= 4 is 5.91 Å². The molecule has 2 atom stereocenters. The summed E-state index contributed by atoms with van der Waals surface area (Å²) in [4.78, 5) is 14.3. The highest BCUT2D eigenvalue weighted by molar-refractivity contribution is 5.94. The molecule has 0 saturated carbocycles. The third kappa shape index (κ3) is 3.69. The molecule has 1 aliphatic heterocycles. The van der Waals surface area contributed by atoms with Crippen LogP contribution in [-0.4, -0.2) is 30.4 Å². The van der Waals surface area contributed by atoms with Crippen molar-refractivity contribution in [3.8, 4) is 0 Å². The van der Waals surface area contributed by atoms with Gasteiger partial charge in [-0.25, -0.2) is 0 Å². The molecule has 3 rings (SSSR count). The molecule has 1 amide bonds. The molecule has 2 N–H and O–H groups in total. The fraction of sp³-hybridized carbons (Fsp3) is 0.316. The second kappa shape index (κ2) is 6.88. The maximum Gasteiger partial charge on any atom is 0.416 e. The maximum atomic E-state index is 12.7. The summed E-state index contributed by atoms with van der Waals surface area (Å²) in [7, 11) is 0. The predicted molar refractivity (Wildman–Crippen MR) is 89.1 cm³/mol. The zero-order chi connectivity index (χ0) is 18.0. The van der Waals surface area contributed by atoms with Crippen LogP contribution in [0.25, 0.3) is 0 Å². The van der Waals surface area contributed by atoms with Crippen LogP contribution in [0.15, 0.2) is 54.6 Å². The van der Waals surface area contributed by atoms with Crippen LogP contribution in [-0.2, 0) is 6.18 Å². The Morgan fingerprint density at radius 1 is 1.04 bits per heavy atom. The van der Waals surface area contributed by atoms with Gasteiger partial charge in [0, 0.05) is 24.6 Å². The summed E-state index contributed by atoms with van der Waals surface area (Å²) in [5.74, 6) is 0.0241. The van der Waals surface area contributed by atoms with E-state index in [0.29, 0.717) is 19.6 Å². The normalized spacial score (nSPS) is 20.7. The van der Waals surface area contributed by atoms with Gasteiger partial charge in [-0.1, -0.05) is 30.3 Å². The van der Waals surface area contributed by atoms with Crippen molar-refractivity contribution in [2.24, 2.45) is 11.7 Å². The molecular weight excluding hydrogens is 329 g/mol. The van der Waals surface area contributed by atoms with Crippen LogP contribution in [0, 0.1) is 5.92 Å². The van der Waals surface area contributed by atoms with Gasteiger partial charge >= 0.3 is 6.18 Å². The molecule has 2 aromatic rings. The van der Waals surface area contributed by atoms with Gasteiger partial charge in [-0.2, -0.15) is 13.2 Å². The number of benzene rings is 2. The average Bonchev–Trinajstić information content (AvgIpc) is 3.05. The Balaban J connectivity index is 1.77. The number of carbonyl (C=O) groups is 1. The number of nitrogens with zero attached hydrogens (tertiary/aromatic N) is 1. The number of carbonyl (C=O) groups excluding carboxylic acids is 1. The molecule has 1 fully saturated rings. The van der Waals surface area contributed by atoms with E-state index in [4.69, 9.17) is 5.73 Å². The highest BCUT2D eigenvalue weighted by Crippen LogP contribution is 2.33. The van der Waals surface area contributed by atoms with Crippen molar-refractivity contribution in [1.29, 1.82) is 0 Å². The van der Waals surface area contributed by atoms with E-state index >= 15 is 0 Å². The first-order valence-corrected chi connectivity index (χ1v) is 8.11. The molecule has 132 valence electrons. The van der Waals surface area contributed by atoms with Crippen LogP contribution >= 0.6 is 0 Å². The molecule has 0 unspecified atom stereocenters. The first kappa shape index (κ1) is 17.5. The number of alkyl halides is 3. The summed E-state index contributed by atoms with van der Waals surface area (Å²) in [6.45, 7) is 1.48. The largest absolute Gasteiger partial charge is 0.416 e. The number of hydrogen-bond donors (Lipinski definition) is 1. The van der Waals surface area contributed by atoms with Gasteiger partial charge in [-0.3, -0.25) is 4.79 Å². The number of likely N-dealkylation sites (tertiary alicyclic amines) is 1. The lowest BCUT2D eigenvalue weighted by Crippen LogP contribution is -2.29. The Hall–Kier alpha value is -2.34. The van der Waals surface area contributed by atoms with E-state index in [0.717, 1.165) is 17.7 Å². The summed E-state index contributed by atoms with van der Waals surface area (Å²) in [6, 6.07) is 14.2. The highest BCUT2D eigenvalue weighted by Gasteiger charge is 2.36. The molecular formula is C19H19F3N2O. The molecule has 25 heavy (non-hydrogen) atoms. The molecule has 6 heteroatoms. The topological polar surface area (TPSA) is 46.3 Å². The summed E-state index contributed by atoms with van der Waals surface area (Å²) < 4.78 is 37.9. The molecule has 0 aliphatic carbocycles. The average molecular weight is 348 g/mol. The highest BCUT2D eigenvalue weighted by atomic mass is 19.4. The molecule has 3 nitrogen and oxygen atoms in total. The zero-order valence-corrected chi connectivity index (χ0v) is 13.5. The van der Waals surface area contributed by atoms with Crippen LogP contribution in [0.4, 0.5) is 13.2 Å². The number of amides is 1. The van der Waals surface area contributed by atoms with Gasteiger partial charge in [0.15, 0.2) is 0 Å². The molecule has 0 radical (unpaired) electrons. The van der Waals surface area contributed by atoms with Crippen LogP contribution in [0.2, 0.25) is 0 Å². The minimum Gasteiger partial charge on any atom is -0.338 e. The fourth-order valence-corrected chi connectivity index (χ4v) is 3.34. The minimum absolute atomic E-state index is 0.140. The monoisotopic (exact) mass is 348 g/mol. The van der Waals surface area contributed by atoms with Gasteiger partial charge in [0.05, 0.1) is 5.56 Å². The zero-order valence-electron chi connectivity index (χ0n) is 13.5. The molecule has 1 aliphatic rings. The van der Waals surface area contributed by atoms with Crippen molar-refractivity contribution in [1.82, 2.24) is 4.90 Å². The third-order valence-corrected chi connectivity index (χ3v) is 4.72. The summed E-state index contributed by atoms with van der Waals surface area (Å²) in [6.07, 6.45) is -4.40. The van der Waals surface area contributed by atoms with Gasteiger partial charge in [-0.15, -0.1) is 0 Å². The Bertz CT molecular complexity index is 729. The van der Waals surface area contributed by atoms with Gasteiger partial charge in [0.2, 0.25) is 0 Å². The van der Waals surface area contributed by atoms with E-state index < -0.39 is 11.7 Å². The van der Waals surface area contributed by atoms with Crippen molar-refractivity contribution in [3.63, 3.8) is 0 Å². The Morgan fingerprint density at radius 2 is 1.68 bits per heavy atom. The second-order valence-electron chi connectivity index (χ2n) is 6.30. The number of nitrogens with two attached hydrogens (primary N) is 1. The SMILES string of the molecule is NC[C@@H]1CN(C(=O)c2ccc(C(F)(F)F)cc2)C[C@H]1c1ccccc1. The van der Waals surface area contributed by atoms with Crippen LogP contribution in [0.3, 0.4) is 0 Å². The number of hydrogen-bond acceptors (Lipinski definition) is 2. The first-order valence-electron chi connectivity index (χ1n) is 8.11. The Kier molecular flexibility index (Phi) is 4.81. The molecule has 0 bridgehead atoms. The summed E-state index contributed by atoms with van der Waals surface area (Å²) in [5, 5.41) is 0. The molecule has 1 heterocycles. The van der Waals surface area contributed by atoms with Gasteiger partial charge in [0.1, 0.15) is 0 Å². The van der Waals surface area contributed by atoms with E-state index in [1.54, 1.807) is 4.90 Å². The van der Waals surface area contributed by atoms with Crippen molar-refractivity contribution < 1.29 is 18.0 Å². The van der Waals surface area contributed by atoms with E-state index in [-0.39, 0.29) is 23.3 Å². The number of rotatable bonds is 3.